The molecular formula is C111H137Ac3BN12NaO6. The number of nitrogens with one attached hydrogen (secondary N) is 6. The molecular weight excluding hydrogens is 2310 g/mol. The van der Waals surface area contributed by atoms with Gasteiger partial charge in [0.05, 0.1) is 61.2 Å². The molecule has 5 fully saturated rings. The minimum absolute atomic E-state index is 0. The number of carbonyl (C=O) groups excluding carboxylic acids is 2. The van der Waals surface area contributed by atoms with Gasteiger partial charge in [0, 0.05) is 157 Å². The number of aliphatic hydroxyl groups is 1. The molecule has 6 radical (unpaired) electrons. The number of nitrogens with zero attached hydrogens (tertiary/aromatic N) is 6. The van der Waals surface area contributed by atoms with Crippen molar-refractivity contribution in [3.63, 3.8) is 0 Å². The second-order valence-electron chi connectivity index (χ2n) is 35.7. The molecule has 690 valence electrons. The summed E-state index contributed by atoms with van der Waals surface area (Å²) in [6, 6.07) is 94.7. The summed E-state index contributed by atoms with van der Waals surface area (Å²) in [5.74, 6) is 10.0. The summed E-state index contributed by atoms with van der Waals surface area (Å²) < 4.78 is 0. The zero-order valence-electron chi connectivity index (χ0n) is 78.8. The molecule has 5 aliphatic carbocycles. The van der Waals surface area contributed by atoms with Crippen LogP contribution < -0.4 is 34.9 Å². The van der Waals surface area contributed by atoms with Gasteiger partial charge in [-0.3, -0.25) is 25.0 Å². The summed E-state index contributed by atoms with van der Waals surface area (Å²) in [6.07, 6.45) is 31.4. The van der Waals surface area contributed by atoms with Crippen molar-refractivity contribution in [1.29, 1.82) is 0 Å². The number of fused-ring (bicyclic) bond motifs is 5. The third-order valence-corrected chi connectivity index (χ3v) is 26.2. The van der Waals surface area contributed by atoms with Crippen LogP contribution >= 0.6 is 0 Å². The molecule has 18 nitrogen and oxygen atoms in total. The van der Waals surface area contributed by atoms with Gasteiger partial charge >= 0.3 is 29.6 Å². The van der Waals surface area contributed by atoms with E-state index in [0.29, 0.717) is 35.4 Å². The van der Waals surface area contributed by atoms with Gasteiger partial charge in [-0.25, -0.2) is 24.9 Å². The fourth-order valence-corrected chi connectivity index (χ4v) is 19.4. The Hall–Kier alpha value is -6.22. The molecule has 2 atom stereocenters. The second kappa shape index (κ2) is 62.8. The Morgan fingerprint density at radius 3 is 1.05 bits per heavy atom. The van der Waals surface area contributed by atoms with E-state index in [2.05, 4.69) is 272 Å². The minimum Gasteiger partial charge on any atom is -0.715 e. The van der Waals surface area contributed by atoms with Crippen LogP contribution in [0.2, 0.25) is 0 Å². The molecule has 5 heterocycles. The van der Waals surface area contributed by atoms with Crippen molar-refractivity contribution in [3.05, 3.63) is 335 Å². The third kappa shape index (κ3) is 36.1. The van der Waals surface area contributed by atoms with Gasteiger partial charge in [0.25, 0.3) is 0 Å². The van der Waals surface area contributed by atoms with E-state index in [4.69, 9.17) is 20.5 Å². The number of hydrogen-bond donors (Lipinski definition) is 10. The Morgan fingerprint density at radius 1 is 0.396 bits per heavy atom. The van der Waals surface area contributed by atoms with Gasteiger partial charge in [-0.2, -0.15) is 0 Å². The first-order valence-electron chi connectivity index (χ1n) is 46.9. The molecule has 134 heavy (non-hydrogen) atoms. The number of rotatable bonds is 19. The Bertz CT molecular complexity index is 5600. The van der Waals surface area contributed by atoms with Crippen LogP contribution in [0.5, 0.6) is 0 Å². The molecule has 2 unspecified atom stereocenters. The van der Waals surface area contributed by atoms with E-state index in [9.17, 15) is 14.7 Å². The van der Waals surface area contributed by atoms with E-state index in [1.807, 2.05) is 105 Å². The Labute approximate surface area is 925 Å². The van der Waals surface area contributed by atoms with Crippen LogP contribution in [-0.4, -0.2) is 123 Å². The average Bonchev–Trinajstić information content (AvgIpc) is 1.63. The molecule has 0 aliphatic heterocycles. The molecule has 0 saturated heterocycles. The zero-order chi connectivity index (χ0) is 90.3. The number of H-pyrrole nitrogens is 5. The number of aliphatic hydroxyl groups excluding tert-OH is 1. The van der Waals surface area contributed by atoms with Crippen molar-refractivity contribution in [3.8, 4) is 0 Å². The van der Waals surface area contributed by atoms with Gasteiger partial charge in [-0.05, 0) is 312 Å². The van der Waals surface area contributed by atoms with Crippen molar-refractivity contribution < 1.29 is 192 Å². The fraction of sp³-hybridized carbons (Fsp3) is 0.378. The minimum atomic E-state index is -0.477. The third-order valence-electron chi connectivity index (χ3n) is 26.2. The largest absolute Gasteiger partial charge is 1.00 e. The number of allylic oxidation sites excluding steroid dienone is 1. The SMILES string of the molecule is C.C(=C1CCC(Cc2ccccc2)CC1)c1nc2ccccc2[nH]1.CCc1nc2ccccc2[nH]1.CN(C)C(c1nc2ccccc2[nH]1)C1CCC(Cc2ccccc2)CC1.CNC.O=C(c1nc2ccccc2[nH]1)C1CCC(Cc2ccccc2)CC1.O=C1CCC(Cc2ccccc2)CC1.OC(c1nc2ccccc2[nH]1)C1CCC(Cc2ccccc2)CC1.OO.[Ac].[Ac].[Ac].[B-]O.[Na+]. The quantitative estimate of drug-likeness (QED) is 0.0156. The molecule has 5 aromatic heterocycles. The molecule has 23 heteroatoms. The number of aromatic amines is 5. The van der Waals surface area contributed by atoms with Crippen LogP contribution in [0.3, 0.4) is 0 Å². The number of imidazole rings is 5. The molecule has 10 N–H and O–H groups in total. The number of aromatic nitrogens is 10. The number of para-hydroxylation sites is 10. The maximum atomic E-state index is 12.7. The number of hydrogen-bond acceptors (Lipinski definition) is 13. The van der Waals surface area contributed by atoms with E-state index < -0.39 is 6.10 Å². The maximum absolute atomic E-state index is 12.7. The van der Waals surface area contributed by atoms with Crippen molar-refractivity contribution >= 4 is 80.9 Å². The topological polar surface area (TPSA) is 274 Å². The summed E-state index contributed by atoms with van der Waals surface area (Å²) in [6.45, 7) is 2.09. The molecule has 5 aliphatic rings. The molecule has 0 amide bonds. The Balaban J connectivity index is 0.000000218. The average molecular weight is 2450 g/mol. The first kappa shape index (κ1) is 115. The van der Waals surface area contributed by atoms with Gasteiger partial charge in [-0.15, -0.1) is 0 Å². The predicted octanol–water partition coefficient (Wildman–Crippen LogP) is 21.7. The Kier molecular flexibility index (Phi) is 53.7. The number of Topliss-reactive ketones (excluding diaryl/α,β-unsaturated/α-hetero) is 2. The summed E-state index contributed by atoms with van der Waals surface area (Å²) in [5.41, 5.74) is 19.1. The van der Waals surface area contributed by atoms with Crippen LogP contribution in [0.1, 0.15) is 217 Å². The summed E-state index contributed by atoms with van der Waals surface area (Å²) in [4.78, 5) is 65.8. The van der Waals surface area contributed by atoms with E-state index in [0.717, 1.165) is 192 Å². The first-order chi connectivity index (χ1) is 63.3. The summed E-state index contributed by atoms with van der Waals surface area (Å²) >= 11 is 0. The van der Waals surface area contributed by atoms with Gasteiger partial charge < -0.3 is 48.4 Å². The summed E-state index contributed by atoms with van der Waals surface area (Å²) in [5, 5.41) is 32.0. The van der Waals surface area contributed by atoms with Crippen molar-refractivity contribution in [2.75, 3.05) is 28.2 Å². The van der Waals surface area contributed by atoms with Gasteiger partial charge in [0.2, 0.25) is 5.78 Å². The molecule has 10 aromatic carbocycles. The van der Waals surface area contributed by atoms with E-state index in [1.165, 1.54) is 110 Å². The molecule has 0 bridgehead atoms. The monoisotopic (exact) mass is 2450 g/mol. The summed E-state index contributed by atoms with van der Waals surface area (Å²) in [7, 11) is 11.6. The van der Waals surface area contributed by atoms with E-state index >= 15 is 0 Å². The van der Waals surface area contributed by atoms with Crippen molar-refractivity contribution in [2.24, 2.45) is 47.3 Å². The first-order valence-corrected chi connectivity index (χ1v) is 46.9. The van der Waals surface area contributed by atoms with Gasteiger partial charge in [0.15, 0.2) is 5.82 Å². The van der Waals surface area contributed by atoms with Crippen LogP contribution in [0, 0.1) is 180 Å². The zero-order valence-corrected chi connectivity index (χ0v) is 95.1. The van der Waals surface area contributed by atoms with E-state index in [-0.39, 0.29) is 181 Å². The number of aryl methyl sites for hydroxylation is 1. The molecule has 20 rings (SSSR count). The molecule has 5 saturated carbocycles. The smallest absolute Gasteiger partial charge is 0.715 e. The maximum Gasteiger partial charge on any atom is 1.00 e. The second-order valence-corrected chi connectivity index (χ2v) is 35.7. The van der Waals surface area contributed by atoms with Crippen LogP contribution in [-0.2, 0) is 43.3 Å². The normalized spacial score (nSPS) is 18.2. The molecule has 0 spiro atoms. The van der Waals surface area contributed by atoms with Gasteiger partial charge in [0.1, 0.15) is 35.2 Å². The predicted molar refractivity (Wildman–Crippen MR) is 534 cm³/mol. The number of ketones is 2. The number of carbonyl (C=O) groups is 2. The van der Waals surface area contributed by atoms with Crippen LogP contribution in [0.15, 0.2) is 279 Å². The van der Waals surface area contributed by atoms with Gasteiger partial charge in [-0.1, -0.05) is 232 Å². The van der Waals surface area contributed by atoms with Crippen molar-refractivity contribution in [2.45, 2.75) is 193 Å². The molecule has 15 aromatic rings. The standard InChI is InChI=1S/C23H29N3.C21H24N2O.C21H22N2O.C21H22N2.C13H16O.C9H10N2.C2H7N.CH4.3Ac.BHO.Na.H2O2/c1-26(2)22(23-24-20-10-6-7-11-21(20)25-23)19-14-12-18(13-15-19)16-17-8-4-3-5-9-17;2*24-20(21-22-18-8-4-5-9-19(18)23-21)17-12-10-16(11-13-17)14-15-6-2-1-3-7-15;1-2-6-16(7-3-1)14-17-10-12-18(13-11-17)15-21-22-19-8-4-5-9-20(19)23-21;14-13-8-6-12(7-9-13)10-11-4-2-1-3-5-11;1-2-9-10-7-5-3-4-6-8(7)11-9;1-3-2;;;;;1-2;;1-2/h3-11,18-19,22H,12-16H2,1-2H3,(H,24,25);1-9,16-17,20,24H,10-14H2,(H,22,23);1-9,16-17H,10-14H2,(H,22,23);1-9,15,17H,10-14H2,(H,22,23);1-5,12H,6-10H2;3-6H,2H2,1H3,(H,10,11);3H,1-2H3;1H4;;;;2H;;1-2H/q;;;;;;;;;;;-1;+1;. The number of benzene rings is 10. The van der Waals surface area contributed by atoms with Crippen LogP contribution in [0.25, 0.3) is 61.2 Å². The fourth-order valence-electron chi connectivity index (χ4n) is 19.4. The van der Waals surface area contributed by atoms with E-state index in [1.54, 1.807) is 0 Å². The Morgan fingerprint density at radius 2 is 0.694 bits per heavy atom. The van der Waals surface area contributed by atoms with Crippen LogP contribution in [0.4, 0.5) is 0 Å². The van der Waals surface area contributed by atoms with Crippen molar-refractivity contribution in [1.82, 2.24) is 60.1 Å².